The van der Waals surface area contributed by atoms with Gasteiger partial charge in [-0.3, -0.25) is 14.4 Å². The molecule has 1 amide bonds. The number of anilines is 2. The van der Waals surface area contributed by atoms with Crippen molar-refractivity contribution in [3.8, 4) is 0 Å². The number of rotatable bonds is 7. The van der Waals surface area contributed by atoms with Crippen molar-refractivity contribution >= 4 is 59.9 Å². The van der Waals surface area contributed by atoms with E-state index in [1.807, 2.05) is 0 Å². The number of carbonyl (C=O) groups excluding carboxylic acids is 1. The van der Waals surface area contributed by atoms with E-state index in [1.54, 1.807) is 12.1 Å². The van der Waals surface area contributed by atoms with Crippen LogP contribution in [0.1, 0.15) is 16.1 Å². The summed E-state index contributed by atoms with van der Waals surface area (Å²) >= 11 is 6.78. The Balaban J connectivity index is 1.43. The van der Waals surface area contributed by atoms with Crippen molar-refractivity contribution in [2.75, 3.05) is 9.62 Å². The average molecular weight is 560 g/mol. The van der Waals surface area contributed by atoms with Gasteiger partial charge in [-0.1, -0.05) is 22.9 Å². The Morgan fingerprint density at radius 2 is 1.78 bits per heavy atom. The lowest BCUT2D eigenvalue weighted by Crippen LogP contribution is -2.30. The first-order chi connectivity index (χ1) is 17.7. The molecule has 37 heavy (non-hydrogen) atoms. The van der Waals surface area contributed by atoms with Crippen molar-refractivity contribution in [1.82, 2.24) is 4.98 Å². The predicted octanol–water partition coefficient (Wildman–Crippen LogP) is 6.47. The summed E-state index contributed by atoms with van der Waals surface area (Å²) in [6, 6.07) is 16.7. The molecular formula is C25H16ClF2N3O4S2. The van der Waals surface area contributed by atoms with Crippen LogP contribution < -0.4 is 9.62 Å². The van der Waals surface area contributed by atoms with Gasteiger partial charge in [0, 0.05) is 22.3 Å². The highest BCUT2D eigenvalue weighted by atomic mass is 35.5. The van der Waals surface area contributed by atoms with Crippen LogP contribution in [0.3, 0.4) is 0 Å². The second kappa shape index (κ2) is 9.92. The fourth-order valence-corrected chi connectivity index (χ4v) is 5.70. The highest BCUT2D eigenvalue weighted by molar-refractivity contribution is 7.92. The fraction of sp³-hybridized carbons (Fsp3) is 0.0400. The molecule has 1 N–H and O–H groups in total. The largest absolute Gasteiger partial charge is 0.467 e. The number of aromatic nitrogens is 1. The van der Waals surface area contributed by atoms with Gasteiger partial charge in [0.1, 0.15) is 17.1 Å². The van der Waals surface area contributed by atoms with E-state index in [0.29, 0.717) is 10.8 Å². The van der Waals surface area contributed by atoms with E-state index in [1.165, 1.54) is 59.7 Å². The van der Waals surface area contributed by atoms with Gasteiger partial charge in [0.15, 0.2) is 10.9 Å². The summed E-state index contributed by atoms with van der Waals surface area (Å²) in [6.45, 7) is -0.0132. The quantitative estimate of drug-likeness (QED) is 0.247. The molecular weight excluding hydrogens is 544 g/mol. The molecule has 12 heteroatoms. The molecule has 0 unspecified atom stereocenters. The summed E-state index contributed by atoms with van der Waals surface area (Å²) in [5.41, 5.74) is 0.402. The molecule has 0 atom stereocenters. The SMILES string of the molecule is O=C(c1ccc(NS(=O)(=O)c2ccc(Cl)cc2)cc1)N(Cc1ccco1)c1nc2c(F)cc(F)cc2s1. The number of sulfonamides is 1. The van der Waals surface area contributed by atoms with E-state index in [0.717, 1.165) is 23.5 Å². The smallest absolute Gasteiger partial charge is 0.261 e. The summed E-state index contributed by atoms with van der Waals surface area (Å²) in [5.74, 6) is -1.63. The van der Waals surface area contributed by atoms with Gasteiger partial charge in [-0.25, -0.2) is 22.2 Å². The number of fused-ring (bicyclic) bond motifs is 1. The predicted molar refractivity (Wildman–Crippen MR) is 137 cm³/mol. The molecule has 0 saturated carbocycles. The van der Waals surface area contributed by atoms with Crippen LogP contribution in [0.15, 0.2) is 88.4 Å². The molecule has 7 nitrogen and oxygen atoms in total. The number of halogens is 3. The third-order valence-corrected chi connectivity index (χ3v) is 7.95. The summed E-state index contributed by atoms with van der Waals surface area (Å²) in [7, 11) is -3.87. The van der Waals surface area contributed by atoms with Crippen molar-refractivity contribution in [3.05, 3.63) is 107 Å². The van der Waals surface area contributed by atoms with Crippen LogP contribution in [0.4, 0.5) is 19.6 Å². The highest BCUT2D eigenvalue weighted by Gasteiger charge is 2.24. The Morgan fingerprint density at radius 3 is 2.46 bits per heavy atom. The third kappa shape index (κ3) is 5.33. The zero-order valence-corrected chi connectivity index (χ0v) is 21.1. The van der Waals surface area contributed by atoms with E-state index in [4.69, 9.17) is 16.0 Å². The first-order valence-corrected chi connectivity index (χ1v) is 13.4. The maximum atomic E-state index is 14.3. The lowest BCUT2D eigenvalue weighted by Gasteiger charge is -2.19. The number of amides is 1. The van der Waals surface area contributed by atoms with Gasteiger partial charge >= 0.3 is 0 Å². The number of thiazole rings is 1. The second-order valence-electron chi connectivity index (χ2n) is 7.84. The zero-order valence-electron chi connectivity index (χ0n) is 18.7. The molecule has 0 aliphatic carbocycles. The number of furan rings is 1. The number of benzene rings is 3. The van der Waals surface area contributed by atoms with Crippen LogP contribution >= 0.6 is 22.9 Å². The monoisotopic (exact) mass is 559 g/mol. The van der Waals surface area contributed by atoms with Gasteiger partial charge in [0.05, 0.1) is 22.4 Å². The minimum Gasteiger partial charge on any atom is -0.467 e. The summed E-state index contributed by atoms with van der Waals surface area (Å²) in [4.78, 5) is 19.0. The third-order valence-electron chi connectivity index (χ3n) is 5.28. The van der Waals surface area contributed by atoms with E-state index in [-0.39, 0.29) is 38.0 Å². The molecule has 0 radical (unpaired) electrons. The molecule has 0 saturated heterocycles. The molecule has 5 aromatic rings. The number of hydrogen-bond donors (Lipinski definition) is 1. The molecule has 0 aliphatic rings. The number of nitrogens with zero attached hydrogens (tertiary/aromatic N) is 2. The Kier molecular flexibility index (Phi) is 6.67. The van der Waals surface area contributed by atoms with E-state index in [2.05, 4.69) is 9.71 Å². The molecule has 0 aliphatic heterocycles. The van der Waals surface area contributed by atoms with Crippen molar-refractivity contribution in [3.63, 3.8) is 0 Å². The number of hydrogen-bond acceptors (Lipinski definition) is 6. The zero-order chi connectivity index (χ0) is 26.2. The van der Waals surface area contributed by atoms with Crippen LogP contribution in [-0.2, 0) is 16.6 Å². The molecule has 0 bridgehead atoms. The molecule has 2 aromatic heterocycles. The molecule has 5 rings (SSSR count). The van der Waals surface area contributed by atoms with Crippen molar-refractivity contribution in [1.29, 1.82) is 0 Å². The van der Waals surface area contributed by atoms with Crippen molar-refractivity contribution in [2.45, 2.75) is 11.4 Å². The maximum Gasteiger partial charge on any atom is 0.261 e. The molecule has 3 aromatic carbocycles. The molecule has 0 fully saturated rings. The Hall–Kier alpha value is -3.80. The minimum atomic E-state index is -3.87. The molecule has 0 spiro atoms. The van der Waals surface area contributed by atoms with Gasteiger partial charge in [-0.15, -0.1) is 0 Å². The van der Waals surface area contributed by atoms with Gasteiger partial charge in [-0.05, 0) is 66.7 Å². The van der Waals surface area contributed by atoms with Crippen LogP contribution in [0.5, 0.6) is 0 Å². The highest BCUT2D eigenvalue weighted by Crippen LogP contribution is 2.33. The maximum absolute atomic E-state index is 14.3. The fourth-order valence-electron chi connectivity index (χ4n) is 3.51. The van der Waals surface area contributed by atoms with Crippen LogP contribution in [-0.4, -0.2) is 19.3 Å². The number of nitrogens with one attached hydrogen (secondary N) is 1. The Bertz CT molecular complexity index is 1690. The molecule has 2 heterocycles. The lowest BCUT2D eigenvalue weighted by atomic mass is 10.2. The molecule has 188 valence electrons. The van der Waals surface area contributed by atoms with Crippen LogP contribution in [0.25, 0.3) is 10.2 Å². The summed E-state index contributed by atoms with van der Waals surface area (Å²) < 4.78 is 61.3. The first kappa shape index (κ1) is 24.9. The lowest BCUT2D eigenvalue weighted by molar-refractivity contribution is 0.0983. The van der Waals surface area contributed by atoms with Gasteiger partial charge in [0.25, 0.3) is 15.9 Å². The van der Waals surface area contributed by atoms with E-state index < -0.39 is 27.6 Å². The normalized spacial score (nSPS) is 11.5. The van der Waals surface area contributed by atoms with Crippen molar-refractivity contribution < 1.29 is 26.4 Å². The van der Waals surface area contributed by atoms with Gasteiger partial charge < -0.3 is 4.42 Å². The van der Waals surface area contributed by atoms with Crippen LogP contribution in [0, 0.1) is 11.6 Å². The minimum absolute atomic E-state index is 0.0132. The standard InChI is InChI=1S/C25H16ClF2N3O4S2/c26-16-5-9-20(10-6-16)37(33,34)30-18-7-3-15(4-8-18)24(32)31(14-19-2-1-11-35-19)25-29-23-21(28)12-17(27)13-22(23)36-25/h1-13,30H,14H2. The Labute approximate surface area is 219 Å². The first-order valence-electron chi connectivity index (χ1n) is 10.7. The number of carbonyl (C=O) groups is 1. The van der Waals surface area contributed by atoms with E-state index >= 15 is 0 Å². The van der Waals surface area contributed by atoms with E-state index in [9.17, 15) is 22.0 Å². The van der Waals surface area contributed by atoms with Gasteiger partial charge in [-0.2, -0.15) is 0 Å². The second-order valence-corrected chi connectivity index (χ2v) is 11.0. The summed E-state index contributed by atoms with van der Waals surface area (Å²) in [6.07, 6.45) is 1.45. The Morgan fingerprint density at radius 1 is 1.05 bits per heavy atom. The van der Waals surface area contributed by atoms with Gasteiger partial charge in [0.2, 0.25) is 0 Å². The topological polar surface area (TPSA) is 92.5 Å². The van der Waals surface area contributed by atoms with Crippen molar-refractivity contribution in [2.24, 2.45) is 0 Å². The van der Waals surface area contributed by atoms with Crippen LogP contribution in [0.2, 0.25) is 5.02 Å². The summed E-state index contributed by atoms with van der Waals surface area (Å²) in [5, 5.41) is 0.551. The average Bonchev–Trinajstić information content (AvgIpc) is 3.53.